The highest BCUT2D eigenvalue weighted by Crippen LogP contribution is 2.23. The summed E-state index contributed by atoms with van der Waals surface area (Å²) in [7, 11) is 0. The first-order chi connectivity index (χ1) is 13.2. The van der Waals surface area contributed by atoms with Crippen LogP contribution < -0.4 is 4.74 Å². The lowest BCUT2D eigenvalue weighted by molar-refractivity contribution is 0.0288. The largest absolute Gasteiger partial charge is 0.494 e. The molecule has 0 saturated carbocycles. The molecule has 3 nitrogen and oxygen atoms in total. The van der Waals surface area contributed by atoms with Crippen LogP contribution in [-0.4, -0.2) is 12.6 Å². The number of ether oxygens (including phenoxy) is 2. The number of benzene rings is 2. The molecule has 27 heavy (non-hydrogen) atoms. The summed E-state index contributed by atoms with van der Waals surface area (Å²) in [5.41, 5.74) is 1.57. The molecule has 3 heteroatoms. The van der Waals surface area contributed by atoms with Crippen LogP contribution in [0.3, 0.4) is 0 Å². The summed E-state index contributed by atoms with van der Waals surface area (Å²) in [5.74, 6) is 0.503. The molecule has 0 aromatic heterocycles. The Bertz CT molecular complexity index is 649. The summed E-state index contributed by atoms with van der Waals surface area (Å²) >= 11 is 0. The second-order valence-electron chi connectivity index (χ2n) is 6.85. The Hall–Kier alpha value is -2.29. The lowest BCUT2D eigenvalue weighted by Crippen LogP contribution is -2.11. The zero-order valence-electron chi connectivity index (χ0n) is 16.7. The fraction of sp³-hybridized carbons (Fsp3) is 0.458. The zero-order chi connectivity index (χ0) is 19.3. The Balaban J connectivity index is 1.77. The van der Waals surface area contributed by atoms with Gasteiger partial charge in [0.25, 0.3) is 0 Å². The van der Waals surface area contributed by atoms with E-state index in [0.29, 0.717) is 5.56 Å². The van der Waals surface area contributed by atoms with Gasteiger partial charge in [0.2, 0.25) is 0 Å². The molecule has 1 atom stereocenters. The van der Waals surface area contributed by atoms with Gasteiger partial charge < -0.3 is 9.47 Å². The SMILES string of the molecule is CCCCCCCCOc1ccc(C(=O)OC(CC)c2ccccc2)cc1. The molecule has 146 valence electrons. The molecule has 0 fully saturated rings. The van der Waals surface area contributed by atoms with Crippen molar-refractivity contribution in [3.05, 3.63) is 65.7 Å². The van der Waals surface area contributed by atoms with Gasteiger partial charge in [-0.15, -0.1) is 0 Å². The fourth-order valence-electron chi connectivity index (χ4n) is 3.01. The molecule has 0 aliphatic rings. The summed E-state index contributed by atoms with van der Waals surface area (Å²) in [6, 6.07) is 17.1. The number of unbranched alkanes of at least 4 members (excludes halogenated alkanes) is 5. The standard InChI is InChI=1S/C24H32O3/c1-3-5-6-7-8-12-19-26-22-17-15-21(16-18-22)24(25)27-23(4-2)20-13-10-9-11-14-20/h9-11,13-18,23H,3-8,12,19H2,1-2H3. The summed E-state index contributed by atoms with van der Waals surface area (Å²) < 4.78 is 11.4. The molecule has 0 amide bonds. The number of hydrogen-bond donors (Lipinski definition) is 0. The molecule has 0 spiro atoms. The summed E-state index contributed by atoms with van der Waals surface area (Å²) in [6.45, 7) is 4.97. The minimum atomic E-state index is -0.298. The molecule has 2 aromatic rings. The van der Waals surface area contributed by atoms with Gasteiger partial charge in [-0.3, -0.25) is 0 Å². The fourth-order valence-corrected chi connectivity index (χ4v) is 3.01. The highest BCUT2D eigenvalue weighted by Gasteiger charge is 2.16. The first-order valence-corrected chi connectivity index (χ1v) is 10.2. The summed E-state index contributed by atoms with van der Waals surface area (Å²) in [6.07, 6.45) is 8.00. The minimum Gasteiger partial charge on any atom is -0.494 e. The minimum absolute atomic E-state index is 0.220. The molecule has 2 rings (SSSR count). The van der Waals surface area contributed by atoms with Crippen molar-refractivity contribution in [1.29, 1.82) is 0 Å². The van der Waals surface area contributed by atoms with Gasteiger partial charge in [0.05, 0.1) is 12.2 Å². The van der Waals surface area contributed by atoms with Crippen molar-refractivity contribution in [2.24, 2.45) is 0 Å². The average Bonchev–Trinajstić information content (AvgIpc) is 2.72. The van der Waals surface area contributed by atoms with Crippen molar-refractivity contribution >= 4 is 5.97 Å². The smallest absolute Gasteiger partial charge is 0.338 e. The molecule has 0 radical (unpaired) electrons. The number of carbonyl (C=O) groups excluding carboxylic acids is 1. The normalized spacial score (nSPS) is 11.8. The van der Waals surface area contributed by atoms with Gasteiger partial charge >= 0.3 is 5.97 Å². The first-order valence-electron chi connectivity index (χ1n) is 10.2. The van der Waals surface area contributed by atoms with Crippen LogP contribution in [0.15, 0.2) is 54.6 Å². The van der Waals surface area contributed by atoms with Gasteiger partial charge in [-0.25, -0.2) is 4.79 Å². The van der Waals surface area contributed by atoms with Crippen LogP contribution in [0.1, 0.15) is 80.8 Å². The topological polar surface area (TPSA) is 35.5 Å². The van der Waals surface area contributed by atoms with Gasteiger partial charge in [-0.05, 0) is 42.7 Å². The third kappa shape index (κ3) is 7.46. The van der Waals surface area contributed by atoms with E-state index in [9.17, 15) is 4.79 Å². The van der Waals surface area contributed by atoms with E-state index in [0.717, 1.165) is 30.8 Å². The average molecular weight is 369 g/mol. The van der Waals surface area contributed by atoms with Crippen molar-refractivity contribution < 1.29 is 14.3 Å². The van der Waals surface area contributed by atoms with Crippen LogP contribution in [0.5, 0.6) is 5.75 Å². The van der Waals surface area contributed by atoms with E-state index in [-0.39, 0.29) is 12.1 Å². The van der Waals surface area contributed by atoms with Gasteiger partial charge in [-0.1, -0.05) is 76.3 Å². The van der Waals surface area contributed by atoms with Crippen LogP contribution in [0.2, 0.25) is 0 Å². The Morgan fingerprint density at radius 2 is 1.52 bits per heavy atom. The van der Waals surface area contributed by atoms with Gasteiger partial charge in [0.15, 0.2) is 0 Å². The third-order valence-electron chi connectivity index (χ3n) is 4.65. The first kappa shape index (κ1) is 21.0. The van der Waals surface area contributed by atoms with Crippen molar-refractivity contribution in [2.45, 2.75) is 64.9 Å². The third-order valence-corrected chi connectivity index (χ3v) is 4.65. The molecule has 0 N–H and O–H groups in total. The predicted octanol–water partition coefficient (Wildman–Crippen LogP) is 6.73. The van der Waals surface area contributed by atoms with E-state index in [2.05, 4.69) is 6.92 Å². The molecule has 0 saturated heterocycles. The van der Waals surface area contributed by atoms with Gasteiger partial charge in [0.1, 0.15) is 11.9 Å². The van der Waals surface area contributed by atoms with Crippen LogP contribution in [0.4, 0.5) is 0 Å². The van der Waals surface area contributed by atoms with E-state index in [1.807, 2.05) is 49.4 Å². The predicted molar refractivity (Wildman–Crippen MR) is 110 cm³/mol. The van der Waals surface area contributed by atoms with E-state index in [1.165, 1.54) is 32.1 Å². The lowest BCUT2D eigenvalue weighted by Gasteiger charge is -2.16. The Kier molecular flexibility index (Phi) is 9.47. The Morgan fingerprint density at radius 3 is 2.19 bits per heavy atom. The lowest BCUT2D eigenvalue weighted by atomic mass is 10.1. The Labute approximate surface area is 163 Å². The van der Waals surface area contributed by atoms with Gasteiger partial charge in [0, 0.05) is 0 Å². The number of esters is 1. The summed E-state index contributed by atoms with van der Waals surface area (Å²) in [5, 5.41) is 0. The highest BCUT2D eigenvalue weighted by atomic mass is 16.5. The molecule has 1 unspecified atom stereocenters. The highest BCUT2D eigenvalue weighted by molar-refractivity contribution is 5.89. The molecule has 0 aliphatic carbocycles. The van der Waals surface area contributed by atoms with Crippen LogP contribution in [0, 0.1) is 0 Å². The summed E-state index contributed by atoms with van der Waals surface area (Å²) in [4.78, 5) is 12.4. The second kappa shape index (κ2) is 12.2. The van der Waals surface area contributed by atoms with E-state index in [1.54, 1.807) is 12.1 Å². The molecule has 0 aliphatic heterocycles. The van der Waals surface area contributed by atoms with Crippen molar-refractivity contribution in [1.82, 2.24) is 0 Å². The number of carbonyl (C=O) groups is 1. The maximum atomic E-state index is 12.4. The van der Waals surface area contributed by atoms with Crippen LogP contribution >= 0.6 is 0 Å². The molecule has 0 heterocycles. The molecule has 2 aromatic carbocycles. The van der Waals surface area contributed by atoms with E-state index in [4.69, 9.17) is 9.47 Å². The van der Waals surface area contributed by atoms with E-state index >= 15 is 0 Å². The van der Waals surface area contributed by atoms with Crippen molar-refractivity contribution in [3.8, 4) is 5.75 Å². The van der Waals surface area contributed by atoms with Crippen molar-refractivity contribution in [3.63, 3.8) is 0 Å². The van der Waals surface area contributed by atoms with E-state index < -0.39 is 0 Å². The second-order valence-corrected chi connectivity index (χ2v) is 6.85. The van der Waals surface area contributed by atoms with Crippen molar-refractivity contribution in [2.75, 3.05) is 6.61 Å². The number of hydrogen-bond acceptors (Lipinski definition) is 3. The molecule has 0 bridgehead atoms. The van der Waals surface area contributed by atoms with Crippen LogP contribution in [-0.2, 0) is 4.74 Å². The monoisotopic (exact) mass is 368 g/mol. The Morgan fingerprint density at radius 1 is 0.852 bits per heavy atom. The molecular weight excluding hydrogens is 336 g/mol. The maximum absolute atomic E-state index is 12.4. The quantitative estimate of drug-likeness (QED) is 0.307. The molecular formula is C24H32O3. The zero-order valence-corrected chi connectivity index (χ0v) is 16.7. The van der Waals surface area contributed by atoms with Gasteiger partial charge in [-0.2, -0.15) is 0 Å². The van der Waals surface area contributed by atoms with Crippen LogP contribution in [0.25, 0.3) is 0 Å². The maximum Gasteiger partial charge on any atom is 0.338 e. The number of rotatable bonds is 12.